The van der Waals surface area contributed by atoms with Crippen LogP contribution in [-0.4, -0.2) is 46.4 Å². The summed E-state index contributed by atoms with van der Waals surface area (Å²) in [6, 6.07) is 12.7. The van der Waals surface area contributed by atoms with E-state index in [4.69, 9.17) is 0 Å². The molecule has 2 aliphatic rings. The van der Waals surface area contributed by atoms with Gasteiger partial charge < -0.3 is 20.9 Å². The quantitative estimate of drug-likeness (QED) is 0.739. The summed E-state index contributed by atoms with van der Waals surface area (Å²) in [4.78, 5) is 43.3. The molecule has 1 aromatic carbocycles. The van der Waals surface area contributed by atoms with Crippen molar-refractivity contribution in [3.05, 3.63) is 53.7 Å². The van der Waals surface area contributed by atoms with Crippen LogP contribution in [0.15, 0.2) is 42.5 Å². The predicted octanol–water partition coefficient (Wildman–Crippen LogP) is 1.89. The topological polar surface area (TPSA) is 103 Å². The van der Waals surface area contributed by atoms with Crippen molar-refractivity contribution in [1.82, 2.24) is 15.2 Å². The Kier molecular flexibility index (Phi) is 4.92. The van der Waals surface area contributed by atoms with Crippen LogP contribution in [0.5, 0.6) is 0 Å². The maximum absolute atomic E-state index is 12.6. The van der Waals surface area contributed by atoms with Crippen molar-refractivity contribution >= 4 is 29.2 Å². The van der Waals surface area contributed by atoms with E-state index in [-0.39, 0.29) is 30.7 Å². The largest absolute Gasteiger partial charge is 0.362 e. The summed E-state index contributed by atoms with van der Waals surface area (Å²) in [5, 5.41) is 9.16. The van der Waals surface area contributed by atoms with Gasteiger partial charge in [0, 0.05) is 30.8 Å². The average molecular weight is 393 g/mol. The van der Waals surface area contributed by atoms with E-state index in [2.05, 4.69) is 20.9 Å². The Balaban J connectivity index is 1.43. The van der Waals surface area contributed by atoms with Gasteiger partial charge in [-0.1, -0.05) is 18.2 Å². The van der Waals surface area contributed by atoms with E-state index in [1.54, 1.807) is 12.1 Å². The normalized spacial score (nSPS) is 21.1. The van der Waals surface area contributed by atoms with Gasteiger partial charge in [-0.3, -0.25) is 14.4 Å². The third kappa shape index (κ3) is 4.06. The van der Waals surface area contributed by atoms with Crippen LogP contribution in [0.4, 0.5) is 11.5 Å². The van der Waals surface area contributed by atoms with Crippen LogP contribution in [0.2, 0.25) is 0 Å². The van der Waals surface area contributed by atoms with Gasteiger partial charge in [0.25, 0.3) is 5.91 Å². The number of aromatic nitrogens is 1. The van der Waals surface area contributed by atoms with Gasteiger partial charge in [0.1, 0.15) is 11.5 Å². The van der Waals surface area contributed by atoms with Gasteiger partial charge in [-0.15, -0.1) is 0 Å². The van der Waals surface area contributed by atoms with Gasteiger partial charge in [-0.25, -0.2) is 4.98 Å². The molecule has 3 amide bonds. The number of likely N-dealkylation sites (tertiary alicyclic amines) is 1. The molecule has 1 fully saturated rings. The zero-order valence-corrected chi connectivity index (χ0v) is 16.2. The molecular weight excluding hydrogens is 370 g/mol. The van der Waals surface area contributed by atoms with Crippen molar-refractivity contribution in [1.29, 1.82) is 0 Å². The standard InChI is InChI=1S/C21H23N5O3/c1-14-5-4-8-17(22-14)23-18(27)13-26-12-11-21(10-9-19(26)28)24-16-7-3-2-6-15(16)20(29)25-21/h2-8,24H,9-13H2,1H3,(H,25,29)(H,22,23,27). The van der Waals surface area contributed by atoms with E-state index in [9.17, 15) is 14.4 Å². The fourth-order valence-corrected chi connectivity index (χ4v) is 3.80. The zero-order chi connectivity index (χ0) is 20.4. The molecule has 1 aromatic heterocycles. The number of carbonyl (C=O) groups excluding carboxylic acids is 3. The maximum Gasteiger partial charge on any atom is 0.255 e. The number of aryl methyl sites for hydroxylation is 1. The molecule has 3 N–H and O–H groups in total. The van der Waals surface area contributed by atoms with Crippen molar-refractivity contribution in [3.63, 3.8) is 0 Å². The van der Waals surface area contributed by atoms with E-state index < -0.39 is 5.66 Å². The highest BCUT2D eigenvalue weighted by Crippen LogP contribution is 2.31. The minimum Gasteiger partial charge on any atom is -0.362 e. The lowest BCUT2D eigenvalue weighted by Crippen LogP contribution is -2.58. The third-order valence-electron chi connectivity index (χ3n) is 5.32. The van der Waals surface area contributed by atoms with Crippen molar-refractivity contribution < 1.29 is 14.4 Å². The molecule has 8 heteroatoms. The van der Waals surface area contributed by atoms with Crippen LogP contribution in [0, 0.1) is 6.92 Å². The number of para-hydroxylation sites is 1. The second kappa shape index (κ2) is 7.54. The van der Waals surface area contributed by atoms with Gasteiger partial charge in [-0.2, -0.15) is 0 Å². The smallest absolute Gasteiger partial charge is 0.255 e. The zero-order valence-electron chi connectivity index (χ0n) is 16.2. The molecule has 150 valence electrons. The molecule has 3 heterocycles. The van der Waals surface area contributed by atoms with Gasteiger partial charge in [0.2, 0.25) is 11.8 Å². The van der Waals surface area contributed by atoms with E-state index in [1.807, 2.05) is 37.3 Å². The number of hydrogen-bond donors (Lipinski definition) is 3. The molecular formula is C21H23N5O3. The summed E-state index contributed by atoms with van der Waals surface area (Å²) in [6.45, 7) is 2.16. The molecule has 1 spiro atoms. The Labute approximate surface area is 168 Å². The molecule has 2 aromatic rings. The fraction of sp³-hybridized carbons (Fsp3) is 0.333. The highest BCUT2D eigenvalue weighted by molar-refractivity contribution is 6.02. The number of carbonyl (C=O) groups is 3. The Morgan fingerprint density at radius 1 is 1.14 bits per heavy atom. The maximum atomic E-state index is 12.6. The number of hydrogen-bond acceptors (Lipinski definition) is 5. The summed E-state index contributed by atoms with van der Waals surface area (Å²) >= 11 is 0. The SMILES string of the molecule is Cc1cccc(NC(=O)CN2CCC3(CCC2=O)NC(=O)c2ccccc2N3)n1. The summed E-state index contributed by atoms with van der Waals surface area (Å²) in [5.74, 6) is -0.0856. The summed E-state index contributed by atoms with van der Waals surface area (Å²) in [7, 11) is 0. The lowest BCUT2D eigenvalue weighted by Gasteiger charge is -2.39. The number of nitrogens with zero attached hydrogens (tertiary/aromatic N) is 2. The van der Waals surface area contributed by atoms with Crippen molar-refractivity contribution in [2.45, 2.75) is 31.8 Å². The first-order valence-electron chi connectivity index (χ1n) is 9.65. The van der Waals surface area contributed by atoms with Gasteiger partial charge in [-0.05, 0) is 37.6 Å². The van der Waals surface area contributed by atoms with Gasteiger partial charge >= 0.3 is 0 Å². The predicted molar refractivity (Wildman–Crippen MR) is 108 cm³/mol. The van der Waals surface area contributed by atoms with Crippen LogP contribution in [0.25, 0.3) is 0 Å². The monoisotopic (exact) mass is 393 g/mol. The van der Waals surface area contributed by atoms with E-state index in [0.717, 1.165) is 11.4 Å². The molecule has 0 radical (unpaired) electrons. The summed E-state index contributed by atoms with van der Waals surface area (Å²) in [6.07, 6.45) is 1.21. The molecule has 0 aliphatic carbocycles. The molecule has 1 atom stereocenters. The van der Waals surface area contributed by atoms with Crippen molar-refractivity contribution in [3.8, 4) is 0 Å². The Bertz CT molecular complexity index is 976. The number of rotatable bonds is 3. The van der Waals surface area contributed by atoms with Crippen LogP contribution < -0.4 is 16.0 Å². The second-order valence-electron chi connectivity index (χ2n) is 7.48. The molecule has 1 unspecified atom stereocenters. The number of nitrogens with one attached hydrogen (secondary N) is 3. The lowest BCUT2D eigenvalue weighted by atomic mass is 9.95. The fourth-order valence-electron chi connectivity index (χ4n) is 3.80. The highest BCUT2D eigenvalue weighted by atomic mass is 16.2. The van der Waals surface area contributed by atoms with E-state index >= 15 is 0 Å². The highest BCUT2D eigenvalue weighted by Gasteiger charge is 2.40. The lowest BCUT2D eigenvalue weighted by molar-refractivity contribution is -0.134. The first kappa shape index (κ1) is 18.9. The molecule has 1 saturated heterocycles. The van der Waals surface area contributed by atoms with Crippen LogP contribution in [-0.2, 0) is 9.59 Å². The minimum atomic E-state index is -0.690. The molecule has 29 heavy (non-hydrogen) atoms. The number of benzene rings is 1. The van der Waals surface area contributed by atoms with Crippen LogP contribution in [0.1, 0.15) is 35.3 Å². The first-order chi connectivity index (χ1) is 13.9. The van der Waals surface area contributed by atoms with Gasteiger partial charge in [0.05, 0.1) is 12.1 Å². The van der Waals surface area contributed by atoms with Crippen LogP contribution in [0.3, 0.4) is 0 Å². The Morgan fingerprint density at radius 3 is 2.79 bits per heavy atom. The molecule has 4 rings (SSSR count). The minimum absolute atomic E-state index is 0.0466. The Morgan fingerprint density at radius 2 is 1.97 bits per heavy atom. The first-order valence-corrected chi connectivity index (χ1v) is 9.65. The summed E-state index contributed by atoms with van der Waals surface area (Å²) < 4.78 is 0. The number of fused-ring (bicyclic) bond motifs is 1. The van der Waals surface area contributed by atoms with E-state index in [0.29, 0.717) is 30.8 Å². The molecule has 8 nitrogen and oxygen atoms in total. The molecule has 0 saturated carbocycles. The van der Waals surface area contributed by atoms with Gasteiger partial charge in [0.15, 0.2) is 0 Å². The van der Waals surface area contributed by atoms with Crippen molar-refractivity contribution in [2.75, 3.05) is 23.7 Å². The second-order valence-corrected chi connectivity index (χ2v) is 7.48. The van der Waals surface area contributed by atoms with E-state index in [1.165, 1.54) is 4.90 Å². The third-order valence-corrected chi connectivity index (χ3v) is 5.32. The van der Waals surface area contributed by atoms with Crippen LogP contribution >= 0.6 is 0 Å². The van der Waals surface area contributed by atoms with Crippen molar-refractivity contribution in [2.24, 2.45) is 0 Å². The Hall–Kier alpha value is -3.42. The molecule has 0 bridgehead atoms. The average Bonchev–Trinajstić information content (AvgIpc) is 2.82. The summed E-state index contributed by atoms with van der Waals surface area (Å²) in [5.41, 5.74) is 1.47. The molecule has 2 aliphatic heterocycles. The number of pyridine rings is 1. The number of amides is 3. The number of anilines is 2.